The summed E-state index contributed by atoms with van der Waals surface area (Å²) in [7, 11) is 0. The quantitative estimate of drug-likeness (QED) is 0.156. The third-order valence-electron chi connectivity index (χ3n) is 13.7. The van der Waals surface area contributed by atoms with Gasteiger partial charge < -0.3 is 33.9 Å². The Morgan fingerprint density at radius 2 is 1.86 bits per heavy atom. The van der Waals surface area contributed by atoms with Crippen LogP contribution in [0.3, 0.4) is 0 Å². The van der Waals surface area contributed by atoms with Crippen LogP contribution in [-0.4, -0.2) is 70.2 Å². The van der Waals surface area contributed by atoms with E-state index in [1.54, 1.807) is 18.2 Å². The first kappa shape index (κ1) is 34.4. The summed E-state index contributed by atoms with van der Waals surface area (Å²) in [4.78, 5) is 36.6. The standard InChI is InChI=1S/C37H49NO11/c1-21-30(39)10-11-33(47-21)48-25-12-14-35(2)24(17-25)8-9-27-28(35)18-31(49-34(41)46-19-22-6-4-5-7-29(22)38(43)44)36(3)26(13-15-37(27,36)42)23-16-32(40)45-20-23/h4-7,16,21,24-28,30-31,33,39,42H,8-15,17-20H2,1-3H3/t21-,24+,25-,26+,27+,28-,30+,31+,33-,35-,36-,37-/m0/s1. The average molecular weight is 684 g/mol. The van der Waals surface area contributed by atoms with Crippen LogP contribution in [0.25, 0.3) is 0 Å². The van der Waals surface area contributed by atoms with Crippen molar-refractivity contribution in [3.63, 3.8) is 0 Å². The molecule has 2 N–H and O–H groups in total. The summed E-state index contributed by atoms with van der Waals surface area (Å²) in [5.74, 6) is -0.247. The smallest absolute Gasteiger partial charge is 0.458 e. The molecule has 2 aliphatic heterocycles. The Morgan fingerprint density at radius 1 is 1.06 bits per heavy atom. The minimum absolute atomic E-state index is 0.0216. The van der Waals surface area contributed by atoms with E-state index in [1.165, 1.54) is 12.1 Å². The van der Waals surface area contributed by atoms with Gasteiger partial charge in [-0.05, 0) is 105 Å². The van der Waals surface area contributed by atoms with Crippen molar-refractivity contribution < 1.29 is 48.4 Å². The van der Waals surface area contributed by atoms with Gasteiger partial charge in [-0.3, -0.25) is 10.1 Å². The summed E-state index contributed by atoms with van der Waals surface area (Å²) in [6.45, 7) is 6.03. The highest BCUT2D eigenvalue weighted by Crippen LogP contribution is 2.70. The molecule has 0 amide bonds. The number of carbonyl (C=O) groups excluding carboxylic acids is 2. The maximum absolute atomic E-state index is 13.4. The second-order valence-corrected chi connectivity index (χ2v) is 15.8. The van der Waals surface area contributed by atoms with E-state index < -0.39 is 40.3 Å². The monoisotopic (exact) mass is 683 g/mol. The lowest BCUT2D eigenvalue weighted by molar-refractivity contribution is -0.385. The van der Waals surface area contributed by atoms with E-state index in [9.17, 15) is 29.9 Å². The third kappa shape index (κ3) is 5.86. The highest BCUT2D eigenvalue weighted by molar-refractivity contribution is 5.85. The fraction of sp³-hybridized carbons (Fsp3) is 0.730. The first-order valence-electron chi connectivity index (χ1n) is 18.0. The molecule has 0 radical (unpaired) electrons. The van der Waals surface area contributed by atoms with Crippen molar-refractivity contribution in [3.05, 3.63) is 51.6 Å². The Balaban J connectivity index is 1.13. The number of benzene rings is 1. The zero-order valence-corrected chi connectivity index (χ0v) is 28.6. The molecule has 12 atom stereocenters. The highest BCUT2D eigenvalue weighted by atomic mass is 16.7. The normalized spacial score (nSPS) is 43.0. The van der Waals surface area contributed by atoms with Crippen LogP contribution in [-0.2, 0) is 35.1 Å². The van der Waals surface area contributed by atoms with E-state index in [0.29, 0.717) is 38.0 Å². The van der Waals surface area contributed by atoms with Crippen LogP contribution in [0.2, 0.25) is 0 Å². The van der Waals surface area contributed by atoms with Gasteiger partial charge in [-0.1, -0.05) is 26.0 Å². The van der Waals surface area contributed by atoms with E-state index in [2.05, 4.69) is 6.92 Å². The summed E-state index contributed by atoms with van der Waals surface area (Å²) in [5.41, 5.74) is -1.27. The number of esters is 1. The van der Waals surface area contributed by atoms with Crippen LogP contribution >= 0.6 is 0 Å². The van der Waals surface area contributed by atoms with Crippen molar-refractivity contribution in [2.75, 3.05) is 6.61 Å². The maximum atomic E-state index is 13.4. The van der Waals surface area contributed by atoms with Crippen molar-refractivity contribution in [1.29, 1.82) is 0 Å². The molecule has 49 heavy (non-hydrogen) atoms. The minimum atomic E-state index is -1.16. The van der Waals surface area contributed by atoms with Gasteiger partial charge in [0.1, 0.15) is 19.3 Å². The Labute approximate surface area is 286 Å². The molecule has 7 rings (SSSR count). The molecule has 0 aromatic heterocycles. The molecule has 1 aromatic rings. The zero-order chi connectivity index (χ0) is 34.7. The van der Waals surface area contributed by atoms with Crippen LogP contribution in [0.4, 0.5) is 10.5 Å². The fourth-order valence-corrected chi connectivity index (χ4v) is 11.0. The van der Waals surface area contributed by atoms with Gasteiger partial charge >= 0.3 is 12.1 Å². The van der Waals surface area contributed by atoms with Crippen molar-refractivity contribution in [3.8, 4) is 0 Å². The number of hydrogen-bond acceptors (Lipinski definition) is 11. The van der Waals surface area contributed by atoms with Gasteiger partial charge in [0.05, 0.1) is 34.4 Å². The number of carbonyl (C=O) groups is 2. The lowest BCUT2D eigenvalue weighted by Crippen LogP contribution is -2.67. The van der Waals surface area contributed by atoms with E-state index >= 15 is 0 Å². The van der Waals surface area contributed by atoms with Crippen molar-refractivity contribution in [2.24, 2.45) is 34.5 Å². The minimum Gasteiger partial charge on any atom is -0.458 e. The van der Waals surface area contributed by atoms with Gasteiger partial charge in [0.25, 0.3) is 5.69 Å². The van der Waals surface area contributed by atoms with Gasteiger partial charge in [0, 0.05) is 24.0 Å². The molecule has 0 unspecified atom stereocenters. The number of aliphatic hydroxyl groups is 2. The van der Waals surface area contributed by atoms with Gasteiger partial charge in [-0.15, -0.1) is 0 Å². The summed E-state index contributed by atoms with van der Waals surface area (Å²) in [6.07, 6.45) is 6.27. The Kier molecular flexibility index (Phi) is 9.07. The summed E-state index contributed by atoms with van der Waals surface area (Å²) >= 11 is 0. The molecule has 4 saturated carbocycles. The van der Waals surface area contributed by atoms with Crippen LogP contribution in [0.5, 0.6) is 0 Å². The number of para-hydroxylation sites is 1. The molecule has 6 aliphatic rings. The van der Waals surface area contributed by atoms with Crippen LogP contribution in [0, 0.1) is 44.6 Å². The van der Waals surface area contributed by atoms with Crippen LogP contribution in [0.15, 0.2) is 35.9 Å². The van der Waals surface area contributed by atoms with E-state index in [-0.39, 0.29) is 66.1 Å². The number of nitrogens with zero attached hydrogens (tertiary/aromatic N) is 1. The van der Waals surface area contributed by atoms with Crippen molar-refractivity contribution >= 4 is 17.8 Å². The molecule has 0 bridgehead atoms. The molecule has 268 valence electrons. The van der Waals surface area contributed by atoms with E-state index in [1.807, 2.05) is 13.8 Å². The highest BCUT2D eigenvalue weighted by Gasteiger charge is 2.72. The summed E-state index contributed by atoms with van der Waals surface area (Å²) in [6, 6.07) is 6.11. The largest absolute Gasteiger partial charge is 0.508 e. The molecular weight excluding hydrogens is 634 g/mol. The Bertz CT molecular complexity index is 1500. The third-order valence-corrected chi connectivity index (χ3v) is 13.7. The average Bonchev–Trinajstić information content (AvgIpc) is 3.62. The first-order chi connectivity index (χ1) is 23.3. The Morgan fingerprint density at radius 3 is 2.59 bits per heavy atom. The molecule has 2 heterocycles. The molecular formula is C37H49NO11. The molecule has 1 aromatic carbocycles. The number of nitro groups is 1. The number of ether oxygens (including phenoxy) is 5. The van der Waals surface area contributed by atoms with Gasteiger partial charge in [-0.2, -0.15) is 0 Å². The van der Waals surface area contributed by atoms with Gasteiger partial charge in [0.2, 0.25) is 0 Å². The lowest BCUT2D eigenvalue weighted by atomic mass is 9.42. The van der Waals surface area contributed by atoms with Crippen LogP contribution in [0.1, 0.15) is 90.5 Å². The number of nitro benzene ring substituents is 1. The first-order valence-corrected chi connectivity index (χ1v) is 18.0. The SMILES string of the molecule is C[C@@H]1O[C@@H](O[C@H]2CC[C@@]3(C)[C@H](CC[C@@H]4[C@@H]3C[C@@H](OC(=O)OCc3ccccc3[N+](=O)[O-])[C@]3(C)[C@@H](C5=CC(=O)OC5)CC[C@]43O)C2)CC[C@H]1O. The predicted octanol–water partition coefficient (Wildman–Crippen LogP) is 5.75. The second-order valence-electron chi connectivity index (χ2n) is 15.8. The zero-order valence-electron chi connectivity index (χ0n) is 28.6. The number of cyclic esters (lactones) is 1. The number of fused-ring (bicyclic) bond motifs is 5. The predicted molar refractivity (Wildman–Crippen MR) is 174 cm³/mol. The molecule has 4 aliphatic carbocycles. The topological polar surface area (TPSA) is 164 Å². The number of aliphatic hydroxyl groups excluding tert-OH is 1. The van der Waals surface area contributed by atoms with Crippen LogP contribution < -0.4 is 0 Å². The lowest BCUT2D eigenvalue weighted by Gasteiger charge is -2.65. The maximum Gasteiger partial charge on any atom is 0.508 e. The number of hydrogen-bond donors (Lipinski definition) is 2. The fourth-order valence-electron chi connectivity index (χ4n) is 11.0. The Hall–Kier alpha value is -3.06. The van der Waals surface area contributed by atoms with E-state index in [0.717, 1.165) is 37.7 Å². The van der Waals surface area contributed by atoms with Crippen molar-refractivity contribution in [1.82, 2.24) is 0 Å². The van der Waals surface area contributed by atoms with Crippen molar-refractivity contribution in [2.45, 2.75) is 128 Å². The molecule has 12 nitrogen and oxygen atoms in total. The molecule has 12 heteroatoms. The number of rotatable bonds is 7. The van der Waals surface area contributed by atoms with E-state index in [4.69, 9.17) is 23.7 Å². The van der Waals surface area contributed by atoms with Gasteiger partial charge in [0.15, 0.2) is 6.29 Å². The molecule has 1 saturated heterocycles. The molecule has 0 spiro atoms. The summed E-state index contributed by atoms with van der Waals surface area (Å²) < 4.78 is 29.5. The second kappa shape index (κ2) is 12.9. The van der Waals surface area contributed by atoms with Gasteiger partial charge in [-0.25, -0.2) is 9.59 Å². The summed E-state index contributed by atoms with van der Waals surface area (Å²) in [5, 5.41) is 34.6. The molecule has 5 fully saturated rings.